The first-order valence-electron chi connectivity index (χ1n) is 5.33. The zero-order chi connectivity index (χ0) is 14.6. The molecule has 5 nitrogen and oxygen atoms in total. The predicted octanol–water partition coefficient (Wildman–Crippen LogP) is 2.10. The van der Waals surface area contributed by atoms with Crippen LogP contribution in [0.5, 0.6) is 11.5 Å². The quantitative estimate of drug-likeness (QED) is 0.855. The lowest BCUT2D eigenvalue weighted by molar-refractivity contribution is -0.275. The van der Waals surface area contributed by atoms with Crippen LogP contribution in [0.4, 0.5) is 13.2 Å². The minimum Gasteiger partial charge on any atom is -0.503 e. The summed E-state index contributed by atoms with van der Waals surface area (Å²) in [7, 11) is 0. The van der Waals surface area contributed by atoms with Gasteiger partial charge in [-0.2, -0.15) is 0 Å². The van der Waals surface area contributed by atoms with Crippen molar-refractivity contribution in [3.63, 3.8) is 0 Å². The predicted molar refractivity (Wildman–Crippen MR) is 57.7 cm³/mol. The molecule has 106 valence electrons. The molecule has 0 bridgehead atoms. The number of hydrogen-bond donors (Lipinski definition) is 1. The molecule has 0 unspecified atom stereocenters. The molecule has 0 saturated carbocycles. The normalized spacial score (nSPS) is 11.2. The molecular formula is C11H12F3NO4. The monoisotopic (exact) mass is 279 g/mol. The van der Waals surface area contributed by atoms with E-state index in [4.69, 9.17) is 0 Å². The largest absolute Gasteiger partial charge is 0.573 e. The highest BCUT2D eigenvalue weighted by molar-refractivity contribution is 5.72. The van der Waals surface area contributed by atoms with Crippen LogP contribution in [0.15, 0.2) is 6.20 Å². The van der Waals surface area contributed by atoms with Crippen LogP contribution >= 0.6 is 0 Å². The van der Waals surface area contributed by atoms with Crippen molar-refractivity contribution in [3.8, 4) is 11.5 Å². The van der Waals surface area contributed by atoms with Gasteiger partial charge in [-0.3, -0.25) is 9.78 Å². The molecule has 1 rings (SSSR count). The summed E-state index contributed by atoms with van der Waals surface area (Å²) in [6.07, 6.45) is -4.44. The van der Waals surface area contributed by atoms with Crippen LogP contribution in [0.25, 0.3) is 0 Å². The van der Waals surface area contributed by atoms with Gasteiger partial charge in [-0.25, -0.2) is 0 Å². The Morgan fingerprint density at radius 1 is 1.47 bits per heavy atom. The summed E-state index contributed by atoms with van der Waals surface area (Å²) in [6.45, 7) is 3.03. The van der Waals surface area contributed by atoms with E-state index in [0.29, 0.717) is 0 Å². The average molecular weight is 279 g/mol. The lowest BCUT2D eigenvalue weighted by Gasteiger charge is -2.14. The molecule has 0 radical (unpaired) electrons. The van der Waals surface area contributed by atoms with E-state index in [1.54, 1.807) is 6.92 Å². The van der Waals surface area contributed by atoms with E-state index in [1.165, 1.54) is 6.92 Å². The Balaban J connectivity index is 3.03. The molecule has 1 aromatic heterocycles. The van der Waals surface area contributed by atoms with Crippen molar-refractivity contribution >= 4 is 5.97 Å². The molecule has 0 amide bonds. The summed E-state index contributed by atoms with van der Waals surface area (Å²) in [5.74, 6) is -2.13. The van der Waals surface area contributed by atoms with Crippen molar-refractivity contribution in [3.05, 3.63) is 17.5 Å². The Morgan fingerprint density at radius 2 is 2.11 bits per heavy atom. The molecule has 0 saturated heterocycles. The van der Waals surface area contributed by atoms with E-state index >= 15 is 0 Å². The van der Waals surface area contributed by atoms with Crippen LogP contribution in [-0.4, -0.2) is 29.0 Å². The lowest BCUT2D eigenvalue weighted by atomic mass is 10.1. The molecule has 1 aromatic rings. The maximum atomic E-state index is 12.2. The van der Waals surface area contributed by atoms with Crippen LogP contribution < -0.4 is 4.74 Å². The standard InChI is InChI=1S/C11H12F3NO4/c1-3-18-9(17)4-7-6(2)10(8(16)5-15-7)19-11(12,13)14/h5,16H,3-4H2,1-2H3. The van der Waals surface area contributed by atoms with Crippen molar-refractivity contribution in [2.75, 3.05) is 6.61 Å². The minimum atomic E-state index is -4.94. The van der Waals surface area contributed by atoms with E-state index in [1.807, 2.05) is 0 Å². The van der Waals surface area contributed by atoms with Crippen LogP contribution in [0.1, 0.15) is 18.2 Å². The molecule has 0 spiro atoms. The molecule has 1 heterocycles. The van der Waals surface area contributed by atoms with Gasteiger partial charge in [-0.05, 0) is 13.8 Å². The van der Waals surface area contributed by atoms with Gasteiger partial charge < -0.3 is 14.6 Å². The highest BCUT2D eigenvalue weighted by Crippen LogP contribution is 2.35. The Kier molecular flexibility index (Phi) is 4.57. The number of esters is 1. The number of pyridine rings is 1. The number of ether oxygens (including phenoxy) is 2. The second-order valence-corrected chi connectivity index (χ2v) is 3.57. The summed E-state index contributed by atoms with van der Waals surface area (Å²) in [5, 5.41) is 9.31. The van der Waals surface area contributed by atoms with Gasteiger partial charge in [0.2, 0.25) is 0 Å². The van der Waals surface area contributed by atoms with E-state index in [-0.39, 0.29) is 24.3 Å². The summed E-state index contributed by atoms with van der Waals surface area (Å²) in [4.78, 5) is 15.0. The summed E-state index contributed by atoms with van der Waals surface area (Å²) >= 11 is 0. The fourth-order valence-corrected chi connectivity index (χ4v) is 1.39. The van der Waals surface area contributed by atoms with Gasteiger partial charge in [0.05, 0.1) is 24.9 Å². The fraction of sp³-hybridized carbons (Fsp3) is 0.455. The molecule has 1 N–H and O–H groups in total. The van der Waals surface area contributed by atoms with Crippen LogP contribution in [-0.2, 0) is 16.0 Å². The summed E-state index contributed by atoms with van der Waals surface area (Å²) < 4.78 is 44.9. The number of alkyl halides is 3. The second kappa shape index (κ2) is 5.77. The van der Waals surface area contributed by atoms with Crippen molar-refractivity contribution in [1.29, 1.82) is 0 Å². The van der Waals surface area contributed by atoms with Gasteiger partial charge in [0.1, 0.15) is 0 Å². The third kappa shape index (κ3) is 4.31. The molecule has 0 atom stereocenters. The number of aromatic hydroxyl groups is 1. The van der Waals surface area contributed by atoms with E-state index in [2.05, 4.69) is 14.5 Å². The Hall–Kier alpha value is -1.99. The fourth-order valence-electron chi connectivity index (χ4n) is 1.39. The van der Waals surface area contributed by atoms with E-state index in [0.717, 1.165) is 6.20 Å². The Labute approximate surface area is 107 Å². The number of rotatable bonds is 4. The summed E-state index contributed by atoms with van der Waals surface area (Å²) in [6, 6.07) is 0. The molecule has 0 aliphatic heterocycles. The first-order valence-corrected chi connectivity index (χ1v) is 5.33. The molecule has 19 heavy (non-hydrogen) atoms. The third-order valence-electron chi connectivity index (χ3n) is 2.18. The van der Waals surface area contributed by atoms with Gasteiger partial charge >= 0.3 is 12.3 Å². The molecular weight excluding hydrogens is 267 g/mol. The second-order valence-electron chi connectivity index (χ2n) is 3.57. The maximum absolute atomic E-state index is 12.2. The lowest BCUT2D eigenvalue weighted by Crippen LogP contribution is -2.19. The maximum Gasteiger partial charge on any atom is 0.573 e. The molecule has 0 aliphatic rings. The van der Waals surface area contributed by atoms with Gasteiger partial charge in [-0.15, -0.1) is 13.2 Å². The zero-order valence-corrected chi connectivity index (χ0v) is 10.2. The number of aromatic nitrogens is 1. The van der Waals surface area contributed by atoms with Gasteiger partial charge in [-0.1, -0.05) is 0 Å². The minimum absolute atomic E-state index is 0.0514. The SMILES string of the molecule is CCOC(=O)Cc1ncc(O)c(OC(F)(F)F)c1C. The van der Waals surface area contributed by atoms with Crippen molar-refractivity contribution in [2.45, 2.75) is 26.6 Å². The zero-order valence-electron chi connectivity index (χ0n) is 10.2. The first kappa shape index (κ1) is 15.1. The smallest absolute Gasteiger partial charge is 0.503 e. The van der Waals surface area contributed by atoms with Gasteiger partial charge in [0.15, 0.2) is 11.5 Å². The van der Waals surface area contributed by atoms with Crippen LogP contribution in [0.2, 0.25) is 0 Å². The summed E-state index contributed by atoms with van der Waals surface area (Å²) in [5.41, 5.74) is -0.0131. The average Bonchev–Trinajstić information content (AvgIpc) is 2.27. The molecule has 0 aliphatic carbocycles. The molecule has 8 heteroatoms. The number of halogens is 3. The van der Waals surface area contributed by atoms with E-state index < -0.39 is 23.8 Å². The molecule has 0 aromatic carbocycles. The Morgan fingerprint density at radius 3 is 2.63 bits per heavy atom. The Bertz CT molecular complexity index is 474. The topological polar surface area (TPSA) is 68.7 Å². The first-order chi connectivity index (χ1) is 8.74. The number of carbonyl (C=O) groups excluding carboxylic acids is 1. The van der Waals surface area contributed by atoms with Crippen molar-refractivity contribution in [1.82, 2.24) is 4.98 Å². The third-order valence-corrected chi connectivity index (χ3v) is 2.18. The molecule has 0 fully saturated rings. The highest BCUT2D eigenvalue weighted by Gasteiger charge is 2.33. The highest BCUT2D eigenvalue weighted by atomic mass is 19.4. The van der Waals surface area contributed by atoms with Gasteiger partial charge in [0.25, 0.3) is 0 Å². The van der Waals surface area contributed by atoms with Crippen molar-refractivity contribution in [2.24, 2.45) is 0 Å². The van der Waals surface area contributed by atoms with Gasteiger partial charge in [0, 0.05) is 5.56 Å². The number of hydrogen-bond acceptors (Lipinski definition) is 5. The van der Waals surface area contributed by atoms with E-state index in [9.17, 15) is 23.1 Å². The van der Waals surface area contributed by atoms with Crippen LogP contribution in [0, 0.1) is 6.92 Å². The van der Waals surface area contributed by atoms with Crippen molar-refractivity contribution < 1.29 is 32.5 Å². The van der Waals surface area contributed by atoms with Crippen LogP contribution in [0.3, 0.4) is 0 Å². The number of nitrogens with zero attached hydrogens (tertiary/aromatic N) is 1. The number of carbonyl (C=O) groups is 1.